The van der Waals surface area contributed by atoms with Crippen molar-refractivity contribution in [1.29, 1.82) is 0 Å². The van der Waals surface area contributed by atoms with Crippen molar-refractivity contribution in [2.24, 2.45) is 11.8 Å². The standard InChI is InChI=1S/C26H37N2O5P/c1-17(2)15-23(25(29)27-21-11-7-19(5)8-12-21)32-34(31)33-24(16-18(3)4)26(30)28-22-13-9-20(6)10-14-22/h7-14,17-18,23-24,34H,15-16H2,1-6H3,(H,27,29)(H,28,30). The van der Waals surface area contributed by atoms with Gasteiger partial charge in [-0.3, -0.25) is 23.2 Å². The van der Waals surface area contributed by atoms with E-state index in [1.165, 1.54) is 0 Å². The molecule has 8 heteroatoms. The molecule has 2 N–H and O–H groups in total. The van der Waals surface area contributed by atoms with Gasteiger partial charge in [-0.15, -0.1) is 0 Å². The highest BCUT2D eigenvalue weighted by Gasteiger charge is 2.28. The third kappa shape index (κ3) is 9.80. The van der Waals surface area contributed by atoms with E-state index in [0.717, 1.165) is 11.1 Å². The summed E-state index contributed by atoms with van der Waals surface area (Å²) in [6.45, 7) is 11.7. The minimum Gasteiger partial charge on any atom is -0.324 e. The van der Waals surface area contributed by atoms with Crippen LogP contribution in [0.2, 0.25) is 0 Å². The van der Waals surface area contributed by atoms with Crippen LogP contribution in [0, 0.1) is 25.7 Å². The van der Waals surface area contributed by atoms with Crippen molar-refractivity contribution in [2.45, 2.75) is 66.6 Å². The number of amides is 2. The lowest BCUT2D eigenvalue weighted by Gasteiger charge is -2.22. The second kappa shape index (κ2) is 13.4. The van der Waals surface area contributed by atoms with Gasteiger partial charge in [-0.05, 0) is 62.8 Å². The van der Waals surface area contributed by atoms with Crippen LogP contribution < -0.4 is 10.6 Å². The number of anilines is 2. The Kier molecular flexibility index (Phi) is 11.0. The number of aryl methyl sites for hydroxylation is 2. The SMILES string of the molecule is Cc1ccc(NC(=O)C(CC(C)C)O[PH](=O)OC(CC(C)C)C(=O)Nc2ccc(C)cc2)cc1. The normalized spacial score (nSPS) is 14.0. The summed E-state index contributed by atoms with van der Waals surface area (Å²) in [5.74, 6) is -0.548. The summed E-state index contributed by atoms with van der Waals surface area (Å²) in [5, 5.41) is 5.61. The van der Waals surface area contributed by atoms with Gasteiger partial charge in [0, 0.05) is 11.4 Å². The lowest BCUT2D eigenvalue weighted by Crippen LogP contribution is -2.32. The quantitative estimate of drug-likeness (QED) is 0.350. The first-order chi connectivity index (χ1) is 16.0. The molecule has 2 aromatic carbocycles. The van der Waals surface area contributed by atoms with E-state index in [1.807, 2.05) is 65.8 Å². The minimum atomic E-state index is -3.13. The van der Waals surface area contributed by atoms with E-state index in [-0.39, 0.29) is 11.8 Å². The molecule has 0 saturated heterocycles. The topological polar surface area (TPSA) is 93.7 Å². The number of rotatable bonds is 12. The van der Waals surface area contributed by atoms with E-state index >= 15 is 0 Å². The second-order valence-corrected chi connectivity index (χ2v) is 10.4. The average molecular weight is 489 g/mol. The van der Waals surface area contributed by atoms with Crippen LogP contribution in [0.3, 0.4) is 0 Å². The molecule has 0 fully saturated rings. The summed E-state index contributed by atoms with van der Waals surface area (Å²) in [6.07, 6.45) is -1.20. The van der Waals surface area contributed by atoms with Crippen molar-refractivity contribution in [3.8, 4) is 0 Å². The molecule has 0 aromatic heterocycles. The van der Waals surface area contributed by atoms with Crippen molar-refractivity contribution in [3.63, 3.8) is 0 Å². The van der Waals surface area contributed by atoms with Crippen LogP contribution in [0.25, 0.3) is 0 Å². The van der Waals surface area contributed by atoms with E-state index in [2.05, 4.69) is 10.6 Å². The Morgan fingerprint density at radius 3 is 1.32 bits per heavy atom. The molecule has 7 nitrogen and oxygen atoms in total. The van der Waals surface area contributed by atoms with Gasteiger partial charge in [-0.25, -0.2) is 0 Å². The van der Waals surface area contributed by atoms with Crippen molar-refractivity contribution >= 4 is 31.4 Å². The largest absolute Gasteiger partial charge is 0.324 e. The number of carbonyl (C=O) groups is 2. The fourth-order valence-electron chi connectivity index (χ4n) is 3.25. The number of benzene rings is 2. The van der Waals surface area contributed by atoms with Crippen LogP contribution in [-0.4, -0.2) is 24.0 Å². The van der Waals surface area contributed by atoms with Crippen molar-refractivity contribution in [1.82, 2.24) is 0 Å². The monoisotopic (exact) mass is 488 g/mol. The van der Waals surface area contributed by atoms with Crippen LogP contribution in [0.1, 0.15) is 51.7 Å². The smallest absolute Gasteiger partial charge is 0.320 e. The van der Waals surface area contributed by atoms with Crippen molar-refractivity contribution < 1.29 is 23.2 Å². The highest BCUT2D eigenvalue weighted by Crippen LogP contribution is 2.33. The van der Waals surface area contributed by atoms with Gasteiger partial charge < -0.3 is 10.6 Å². The molecule has 2 aromatic rings. The van der Waals surface area contributed by atoms with Gasteiger partial charge in [-0.1, -0.05) is 63.1 Å². The molecule has 0 aliphatic carbocycles. The van der Waals surface area contributed by atoms with Gasteiger partial charge in [0.25, 0.3) is 11.8 Å². The van der Waals surface area contributed by atoms with E-state index in [9.17, 15) is 14.2 Å². The molecule has 2 unspecified atom stereocenters. The molecule has 2 amide bonds. The molecule has 0 aliphatic heterocycles. The van der Waals surface area contributed by atoms with Gasteiger partial charge in [0.15, 0.2) is 0 Å². The van der Waals surface area contributed by atoms with Gasteiger partial charge >= 0.3 is 8.25 Å². The van der Waals surface area contributed by atoms with Crippen LogP contribution in [0.15, 0.2) is 48.5 Å². The van der Waals surface area contributed by atoms with Crippen LogP contribution in [-0.2, 0) is 23.2 Å². The molecule has 0 saturated carbocycles. The van der Waals surface area contributed by atoms with Crippen molar-refractivity contribution in [2.75, 3.05) is 10.6 Å². The molecule has 0 heterocycles. The molecular weight excluding hydrogens is 451 g/mol. The van der Waals surface area contributed by atoms with E-state index in [0.29, 0.717) is 24.2 Å². The van der Waals surface area contributed by atoms with Crippen LogP contribution in [0.5, 0.6) is 0 Å². The van der Waals surface area contributed by atoms with Gasteiger partial charge in [-0.2, -0.15) is 0 Å². The van der Waals surface area contributed by atoms with Crippen molar-refractivity contribution in [3.05, 3.63) is 59.7 Å². The highest BCUT2D eigenvalue weighted by atomic mass is 31.1. The fourth-order valence-corrected chi connectivity index (χ4v) is 4.18. The third-order valence-corrected chi connectivity index (χ3v) is 6.02. The Morgan fingerprint density at radius 1 is 0.706 bits per heavy atom. The molecule has 186 valence electrons. The number of hydrogen-bond donors (Lipinski definition) is 2. The Labute approximate surface area is 203 Å². The average Bonchev–Trinajstić information content (AvgIpc) is 2.75. The number of hydrogen-bond acceptors (Lipinski definition) is 5. The lowest BCUT2D eigenvalue weighted by molar-refractivity contribution is -0.125. The summed E-state index contributed by atoms with van der Waals surface area (Å²) in [4.78, 5) is 25.7. The zero-order valence-corrected chi connectivity index (χ0v) is 21.9. The van der Waals surface area contributed by atoms with Crippen LogP contribution >= 0.6 is 8.25 Å². The maximum atomic E-state index is 12.8. The number of carbonyl (C=O) groups excluding carboxylic acids is 2. The molecule has 2 atom stereocenters. The van der Waals surface area contributed by atoms with E-state index < -0.39 is 32.3 Å². The Bertz CT molecular complexity index is 881. The maximum absolute atomic E-state index is 12.8. The summed E-state index contributed by atoms with van der Waals surface area (Å²) in [5.41, 5.74) is 3.41. The van der Waals surface area contributed by atoms with Crippen LogP contribution in [0.4, 0.5) is 11.4 Å². The maximum Gasteiger partial charge on any atom is 0.320 e. The summed E-state index contributed by atoms with van der Waals surface area (Å²) < 4.78 is 24.0. The zero-order chi connectivity index (χ0) is 25.3. The first kappa shape index (κ1) is 27.8. The molecule has 0 spiro atoms. The Balaban J connectivity index is 2.06. The summed E-state index contributed by atoms with van der Waals surface area (Å²) in [7, 11) is -3.13. The molecule has 0 radical (unpaired) electrons. The molecule has 2 rings (SSSR count). The van der Waals surface area contributed by atoms with E-state index in [4.69, 9.17) is 9.05 Å². The highest BCUT2D eigenvalue weighted by molar-refractivity contribution is 7.33. The lowest BCUT2D eigenvalue weighted by atomic mass is 10.1. The Morgan fingerprint density at radius 2 is 1.03 bits per heavy atom. The van der Waals surface area contributed by atoms with E-state index in [1.54, 1.807) is 24.3 Å². The molecule has 0 bridgehead atoms. The zero-order valence-electron chi connectivity index (χ0n) is 20.9. The predicted octanol–water partition coefficient (Wildman–Crippen LogP) is 6.13. The Hall–Kier alpha value is -2.47. The molecule has 34 heavy (non-hydrogen) atoms. The second-order valence-electron chi connectivity index (χ2n) is 9.43. The first-order valence-electron chi connectivity index (χ1n) is 11.7. The number of nitrogens with one attached hydrogen (secondary N) is 2. The summed E-state index contributed by atoms with van der Waals surface area (Å²) >= 11 is 0. The molecular formula is C26H37N2O5P. The molecule has 0 aliphatic rings. The predicted molar refractivity (Wildman–Crippen MR) is 137 cm³/mol. The minimum absolute atomic E-state index is 0.125. The van der Waals surface area contributed by atoms with Gasteiger partial charge in [0.2, 0.25) is 0 Å². The van der Waals surface area contributed by atoms with Gasteiger partial charge in [0.05, 0.1) is 0 Å². The summed E-state index contributed by atoms with van der Waals surface area (Å²) in [6, 6.07) is 14.8. The first-order valence-corrected chi connectivity index (χ1v) is 12.9. The fraction of sp³-hybridized carbons (Fsp3) is 0.462. The third-order valence-electron chi connectivity index (χ3n) is 5.07. The van der Waals surface area contributed by atoms with Gasteiger partial charge in [0.1, 0.15) is 12.2 Å².